The Bertz CT molecular complexity index is 1020. The van der Waals surface area contributed by atoms with Crippen LogP contribution < -0.4 is 10.2 Å². The molecule has 3 aromatic rings. The maximum absolute atomic E-state index is 12.3. The Kier molecular flexibility index (Phi) is 5.11. The van der Waals surface area contributed by atoms with Gasteiger partial charge in [0.15, 0.2) is 0 Å². The summed E-state index contributed by atoms with van der Waals surface area (Å²) in [6.45, 7) is 1.55. The molecule has 1 N–H and O–H groups in total. The van der Waals surface area contributed by atoms with Crippen molar-refractivity contribution in [3.05, 3.63) is 64.3 Å². The van der Waals surface area contributed by atoms with Gasteiger partial charge in [0, 0.05) is 5.56 Å². The molecule has 138 valence electrons. The van der Waals surface area contributed by atoms with Gasteiger partial charge in [-0.25, -0.2) is 10.1 Å². The zero-order valence-electron chi connectivity index (χ0n) is 14.7. The monoisotopic (exact) mass is 367 g/mol. The normalized spacial score (nSPS) is 12.2. The van der Waals surface area contributed by atoms with Crippen molar-refractivity contribution in [1.82, 2.24) is 15.2 Å². The van der Waals surface area contributed by atoms with Crippen LogP contribution in [0.15, 0.2) is 53.8 Å². The van der Waals surface area contributed by atoms with Gasteiger partial charge in [-0.3, -0.25) is 14.9 Å². The van der Waals surface area contributed by atoms with Crippen LogP contribution in [0.3, 0.4) is 0 Å². The van der Waals surface area contributed by atoms with E-state index >= 15 is 0 Å². The van der Waals surface area contributed by atoms with E-state index < -0.39 is 16.9 Å². The Morgan fingerprint density at radius 1 is 1.33 bits per heavy atom. The fourth-order valence-electron chi connectivity index (χ4n) is 2.58. The Hall–Kier alpha value is -3.75. The van der Waals surface area contributed by atoms with E-state index in [1.807, 2.05) is 42.5 Å². The Balaban J connectivity index is 1.73. The molecule has 9 nitrogen and oxygen atoms in total. The lowest BCUT2D eigenvalue weighted by atomic mass is 10.1. The first-order valence-corrected chi connectivity index (χ1v) is 8.09. The largest absolute Gasteiger partial charge is 0.475 e. The molecule has 0 saturated heterocycles. The van der Waals surface area contributed by atoms with Gasteiger partial charge in [0.2, 0.25) is 0 Å². The third kappa shape index (κ3) is 3.76. The van der Waals surface area contributed by atoms with Crippen LogP contribution in [-0.2, 0) is 4.79 Å². The van der Waals surface area contributed by atoms with E-state index in [0.717, 1.165) is 22.5 Å². The molecule has 0 saturated carbocycles. The second-order valence-electron chi connectivity index (χ2n) is 5.74. The molecule has 3 rings (SSSR count). The highest BCUT2D eigenvalue weighted by molar-refractivity contribution is 6.00. The summed E-state index contributed by atoms with van der Waals surface area (Å²) in [5, 5.41) is 21.0. The fourth-order valence-corrected chi connectivity index (χ4v) is 2.58. The van der Waals surface area contributed by atoms with Gasteiger partial charge in [0.05, 0.1) is 18.2 Å². The number of nitrogens with one attached hydrogen (secondary N) is 1. The first-order chi connectivity index (χ1) is 13.0. The number of benzene rings is 2. The van der Waals surface area contributed by atoms with E-state index in [0.29, 0.717) is 0 Å². The van der Waals surface area contributed by atoms with Crippen molar-refractivity contribution >= 4 is 28.6 Å². The number of nitrogens with zero attached hydrogens (tertiary/aromatic N) is 4. The number of amides is 1. The zero-order chi connectivity index (χ0) is 19.4. The van der Waals surface area contributed by atoms with Crippen molar-refractivity contribution < 1.29 is 14.5 Å². The predicted molar refractivity (Wildman–Crippen MR) is 99.8 cm³/mol. The van der Waals surface area contributed by atoms with Crippen molar-refractivity contribution in [1.29, 1.82) is 0 Å². The lowest BCUT2D eigenvalue weighted by Crippen LogP contribution is -2.27. The smallest absolute Gasteiger partial charge is 0.350 e. The molecule has 0 spiro atoms. The van der Waals surface area contributed by atoms with Crippen LogP contribution >= 0.6 is 0 Å². The maximum atomic E-state index is 12.3. The summed E-state index contributed by atoms with van der Waals surface area (Å²) in [6.07, 6.45) is 2.70. The highest BCUT2D eigenvalue weighted by Crippen LogP contribution is 2.25. The Morgan fingerprint density at radius 2 is 2.07 bits per heavy atom. The molecule has 0 radical (unpaired) electrons. The number of carbonyl (C=O) groups is 1. The van der Waals surface area contributed by atoms with Crippen molar-refractivity contribution in [2.75, 3.05) is 7.11 Å². The first kappa shape index (κ1) is 18.1. The van der Waals surface area contributed by atoms with E-state index in [-0.39, 0.29) is 11.6 Å². The van der Waals surface area contributed by atoms with Crippen LogP contribution in [0.1, 0.15) is 18.5 Å². The summed E-state index contributed by atoms with van der Waals surface area (Å²) in [5.74, 6) is -0.620. The molecule has 1 heterocycles. The summed E-state index contributed by atoms with van der Waals surface area (Å²) >= 11 is 0. The van der Waals surface area contributed by atoms with Gasteiger partial charge in [0.25, 0.3) is 5.91 Å². The first-order valence-electron chi connectivity index (χ1n) is 8.09. The van der Waals surface area contributed by atoms with Crippen molar-refractivity contribution in [3.8, 4) is 5.88 Å². The minimum atomic E-state index is -0.808. The molecule has 0 fully saturated rings. The summed E-state index contributed by atoms with van der Waals surface area (Å²) in [6, 6.07) is 12.8. The van der Waals surface area contributed by atoms with Gasteiger partial charge < -0.3 is 4.74 Å². The van der Waals surface area contributed by atoms with E-state index in [1.54, 1.807) is 13.1 Å². The SMILES string of the molecule is COc1nn([C@@H](C)C(=O)N/N=C\c2cccc3ccccc23)cc1[N+](=O)[O-]. The molecule has 0 bridgehead atoms. The summed E-state index contributed by atoms with van der Waals surface area (Å²) in [4.78, 5) is 22.6. The Labute approximate surface area is 154 Å². The summed E-state index contributed by atoms with van der Waals surface area (Å²) in [5.41, 5.74) is 2.98. The minimum Gasteiger partial charge on any atom is -0.475 e. The molecule has 0 aliphatic rings. The molecule has 0 unspecified atom stereocenters. The van der Waals surface area contributed by atoms with E-state index in [1.165, 1.54) is 11.8 Å². The number of aromatic nitrogens is 2. The summed E-state index contributed by atoms with van der Waals surface area (Å²) in [7, 11) is 1.28. The van der Waals surface area contributed by atoms with Crippen molar-refractivity contribution in [2.45, 2.75) is 13.0 Å². The second kappa shape index (κ2) is 7.65. The number of hydrogen-bond acceptors (Lipinski definition) is 6. The average molecular weight is 367 g/mol. The van der Waals surface area contributed by atoms with Crippen molar-refractivity contribution in [3.63, 3.8) is 0 Å². The molecule has 1 atom stereocenters. The predicted octanol–water partition coefficient (Wildman–Crippen LogP) is 2.66. The van der Waals surface area contributed by atoms with Crippen LogP contribution in [0.25, 0.3) is 10.8 Å². The van der Waals surface area contributed by atoms with Crippen LogP contribution in [0.5, 0.6) is 5.88 Å². The van der Waals surface area contributed by atoms with Gasteiger partial charge in [-0.15, -0.1) is 5.10 Å². The second-order valence-corrected chi connectivity index (χ2v) is 5.74. The minimum absolute atomic E-state index is 0.154. The van der Waals surface area contributed by atoms with Crippen molar-refractivity contribution in [2.24, 2.45) is 5.10 Å². The number of nitro groups is 1. The van der Waals surface area contributed by atoms with Gasteiger partial charge in [-0.05, 0) is 17.7 Å². The molecule has 27 heavy (non-hydrogen) atoms. The maximum Gasteiger partial charge on any atom is 0.350 e. The Morgan fingerprint density at radius 3 is 2.78 bits per heavy atom. The van der Waals surface area contributed by atoms with Gasteiger partial charge in [-0.2, -0.15) is 5.10 Å². The molecular weight excluding hydrogens is 350 g/mol. The van der Waals surface area contributed by atoms with E-state index in [9.17, 15) is 14.9 Å². The number of hydrazone groups is 1. The fraction of sp³-hybridized carbons (Fsp3) is 0.167. The number of methoxy groups -OCH3 is 1. The van der Waals surface area contributed by atoms with E-state index in [2.05, 4.69) is 15.6 Å². The molecular formula is C18H17N5O4. The van der Waals surface area contributed by atoms with Crippen LogP contribution in [0.4, 0.5) is 5.69 Å². The highest BCUT2D eigenvalue weighted by Gasteiger charge is 2.25. The third-order valence-electron chi connectivity index (χ3n) is 4.05. The van der Waals surface area contributed by atoms with Crippen LogP contribution in [-0.4, -0.2) is 33.9 Å². The number of rotatable bonds is 6. The van der Waals surface area contributed by atoms with Gasteiger partial charge in [-0.1, -0.05) is 42.5 Å². The highest BCUT2D eigenvalue weighted by atomic mass is 16.6. The lowest BCUT2D eigenvalue weighted by Gasteiger charge is -2.09. The summed E-state index contributed by atoms with van der Waals surface area (Å²) < 4.78 is 6.03. The molecule has 1 amide bonds. The molecule has 9 heteroatoms. The molecule has 0 aliphatic carbocycles. The topological polar surface area (TPSA) is 112 Å². The zero-order valence-corrected chi connectivity index (χ0v) is 14.7. The number of ether oxygens (including phenoxy) is 1. The van der Waals surface area contributed by atoms with Gasteiger partial charge >= 0.3 is 11.6 Å². The molecule has 0 aliphatic heterocycles. The lowest BCUT2D eigenvalue weighted by molar-refractivity contribution is -0.385. The average Bonchev–Trinajstić information content (AvgIpc) is 3.12. The quantitative estimate of drug-likeness (QED) is 0.409. The number of carbonyl (C=O) groups excluding carboxylic acids is 1. The number of hydrogen-bond donors (Lipinski definition) is 1. The third-order valence-corrected chi connectivity index (χ3v) is 4.05. The standard InChI is InChI=1S/C18H17N5O4/c1-12(22-11-16(23(25)26)18(21-22)27-2)17(24)20-19-10-14-8-5-7-13-6-3-4-9-15(13)14/h3-12H,1-2H3,(H,20,24)/b19-10-/t12-/m0/s1. The van der Waals surface area contributed by atoms with Gasteiger partial charge in [0.1, 0.15) is 12.2 Å². The molecule has 2 aromatic carbocycles. The van der Waals surface area contributed by atoms with E-state index in [4.69, 9.17) is 4.74 Å². The molecule has 1 aromatic heterocycles. The number of fused-ring (bicyclic) bond motifs is 1. The van der Waals surface area contributed by atoms with Crippen LogP contribution in [0.2, 0.25) is 0 Å². The van der Waals surface area contributed by atoms with Crippen LogP contribution in [0, 0.1) is 10.1 Å².